The number of nitrogens with one attached hydrogen (secondary N) is 1. The van der Waals surface area contributed by atoms with E-state index in [1.807, 2.05) is 45.9 Å². The van der Waals surface area contributed by atoms with Gasteiger partial charge in [-0.25, -0.2) is 0 Å². The van der Waals surface area contributed by atoms with Crippen molar-refractivity contribution in [3.63, 3.8) is 0 Å². The van der Waals surface area contributed by atoms with Crippen molar-refractivity contribution in [2.24, 2.45) is 0 Å². The molecular formula is C24H28BrNO5. The van der Waals surface area contributed by atoms with Crippen LogP contribution >= 0.6 is 15.9 Å². The molecule has 0 unspecified atom stereocenters. The minimum Gasteiger partial charge on any atom is -0.493 e. The van der Waals surface area contributed by atoms with E-state index in [2.05, 4.69) is 33.1 Å². The zero-order valence-electron chi connectivity index (χ0n) is 18.7. The number of carbonyl (C=O) groups excluding carboxylic acids is 1. The summed E-state index contributed by atoms with van der Waals surface area (Å²) < 4.78 is 22.5. The average Bonchev–Trinajstić information content (AvgIpc) is 2.72. The van der Waals surface area contributed by atoms with Crippen LogP contribution in [0.5, 0.6) is 23.0 Å². The molecule has 0 atom stereocenters. The molecule has 0 aliphatic carbocycles. The van der Waals surface area contributed by atoms with Gasteiger partial charge in [0.05, 0.1) is 43.0 Å². The number of carbonyl (C=O) groups is 1. The van der Waals surface area contributed by atoms with Gasteiger partial charge >= 0.3 is 0 Å². The van der Waals surface area contributed by atoms with E-state index < -0.39 is 0 Å². The number of amides is 1. The van der Waals surface area contributed by atoms with Gasteiger partial charge in [0.15, 0.2) is 23.0 Å². The Kier molecular flexibility index (Phi) is 9.07. The molecule has 2 rings (SSSR count). The van der Waals surface area contributed by atoms with Gasteiger partial charge in [0, 0.05) is 17.7 Å². The maximum absolute atomic E-state index is 12.0. The second-order valence-corrected chi connectivity index (χ2v) is 7.74. The number of benzene rings is 2. The molecule has 7 heteroatoms. The number of anilines is 1. The first-order chi connectivity index (χ1) is 14.8. The van der Waals surface area contributed by atoms with Crippen molar-refractivity contribution >= 4 is 27.5 Å². The Bertz CT molecular complexity index is 976. The van der Waals surface area contributed by atoms with E-state index in [1.54, 1.807) is 26.4 Å². The lowest BCUT2D eigenvalue weighted by molar-refractivity contribution is -0.113. The van der Waals surface area contributed by atoms with Crippen molar-refractivity contribution in [1.82, 2.24) is 0 Å². The molecule has 1 amide bonds. The summed E-state index contributed by atoms with van der Waals surface area (Å²) in [5, 5.41) is 3.01. The summed E-state index contributed by atoms with van der Waals surface area (Å²) in [6, 6.07) is 8.98. The van der Waals surface area contributed by atoms with Gasteiger partial charge in [-0.1, -0.05) is 27.8 Å². The van der Waals surface area contributed by atoms with E-state index in [1.165, 1.54) is 0 Å². The third kappa shape index (κ3) is 7.11. The Morgan fingerprint density at radius 1 is 0.903 bits per heavy atom. The first kappa shape index (κ1) is 24.4. The van der Waals surface area contributed by atoms with Crippen molar-refractivity contribution in [1.29, 1.82) is 0 Å². The van der Waals surface area contributed by atoms with Crippen LogP contribution in [0.15, 0.2) is 30.3 Å². The van der Waals surface area contributed by atoms with Gasteiger partial charge in [0.1, 0.15) is 0 Å². The Morgan fingerprint density at radius 3 is 2.10 bits per heavy atom. The van der Waals surface area contributed by atoms with Crippen LogP contribution in [0, 0.1) is 11.8 Å². The Labute approximate surface area is 192 Å². The average molecular weight is 490 g/mol. The molecule has 0 saturated heterocycles. The van der Waals surface area contributed by atoms with Gasteiger partial charge in [0.2, 0.25) is 5.91 Å². The van der Waals surface area contributed by atoms with Crippen molar-refractivity contribution < 1.29 is 23.7 Å². The van der Waals surface area contributed by atoms with Gasteiger partial charge in [-0.3, -0.25) is 4.79 Å². The maximum Gasteiger partial charge on any atom is 0.235 e. The first-order valence-corrected chi connectivity index (χ1v) is 11.0. The predicted molar refractivity (Wildman–Crippen MR) is 126 cm³/mol. The molecule has 0 heterocycles. The Hall–Kier alpha value is -2.85. The molecule has 0 aliphatic rings. The van der Waals surface area contributed by atoms with Crippen molar-refractivity contribution in [3.05, 3.63) is 41.5 Å². The molecule has 166 valence electrons. The monoisotopic (exact) mass is 489 g/mol. The molecule has 0 radical (unpaired) electrons. The molecule has 0 fully saturated rings. The Morgan fingerprint density at radius 2 is 1.52 bits per heavy atom. The molecule has 2 aromatic rings. The smallest absolute Gasteiger partial charge is 0.235 e. The summed E-state index contributed by atoms with van der Waals surface area (Å²) in [6.07, 6.45) is -0.0185. The number of methoxy groups -OCH3 is 2. The fourth-order valence-electron chi connectivity index (χ4n) is 2.69. The van der Waals surface area contributed by atoms with Crippen LogP contribution in [0.2, 0.25) is 0 Å². The molecule has 0 saturated carbocycles. The number of halogens is 1. The van der Waals surface area contributed by atoms with Crippen LogP contribution in [-0.2, 0) is 4.79 Å². The lowest BCUT2D eigenvalue weighted by Gasteiger charge is -2.16. The van der Waals surface area contributed by atoms with Crippen LogP contribution in [0.25, 0.3) is 0 Å². The molecular weight excluding hydrogens is 462 g/mol. The molecule has 0 aliphatic heterocycles. The van der Waals surface area contributed by atoms with Crippen LogP contribution in [0.3, 0.4) is 0 Å². The number of rotatable bonds is 8. The summed E-state index contributed by atoms with van der Waals surface area (Å²) in [5.41, 5.74) is 1.89. The van der Waals surface area contributed by atoms with Gasteiger partial charge in [-0.2, -0.15) is 0 Å². The van der Waals surface area contributed by atoms with Gasteiger partial charge < -0.3 is 24.3 Å². The third-order valence-electron chi connectivity index (χ3n) is 3.93. The molecule has 6 nitrogen and oxygen atoms in total. The summed E-state index contributed by atoms with van der Waals surface area (Å²) in [5.74, 6) is 8.36. The highest BCUT2D eigenvalue weighted by atomic mass is 79.9. The third-order valence-corrected chi connectivity index (χ3v) is 4.44. The highest BCUT2D eigenvalue weighted by Crippen LogP contribution is 2.34. The molecule has 0 spiro atoms. The van der Waals surface area contributed by atoms with E-state index in [0.717, 1.165) is 5.56 Å². The van der Waals surface area contributed by atoms with Gasteiger partial charge in [0.25, 0.3) is 0 Å². The molecule has 2 aromatic carbocycles. The molecule has 31 heavy (non-hydrogen) atoms. The first-order valence-electron chi connectivity index (χ1n) is 9.88. The van der Waals surface area contributed by atoms with E-state index in [4.69, 9.17) is 18.9 Å². The van der Waals surface area contributed by atoms with Crippen molar-refractivity contribution in [2.45, 2.75) is 39.9 Å². The summed E-state index contributed by atoms with van der Waals surface area (Å²) in [6.45, 7) is 7.75. The van der Waals surface area contributed by atoms with Crippen LogP contribution < -0.4 is 24.3 Å². The number of alkyl halides is 1. The van der Waals surface area contributed by atoms with E-state index >= 15 is 0 Å². The van der Waals surface area contributed by atoms with Gasteiger partial charge in [-0.05, 0) is 45.9 Å². The van der Waals surface area contributed by atoms with Gasteiger partial charge in [-0.15, -0.1) is 0 Å². The maximum atomic E-state index is 12.0. The molecule has 1 N–H and O–H groups in total. The highest BCUT2D eigenvalue weighted by molar-refractivity contribution is 9.09. The zero-order valence-corrected chi connectivity index (χ0v) is 20.3. The minimum absolute atomic E-state index is 0.0328. The van der Waals surface area contributed by atoms with Crippen LogP contribution in [0.1, 0.15) is 38.8 Å². The minimum atomic E-state index is -0.194. The fourth-order valence-corrected chi connectivity index (χ4v) is 2.83. The zero-order chi connectivity index (χ0) is 23.0. The lowest BCUT2D eigenvalue weighted by atomic mass is 10.1. The van der Waals surface area contributed by atoms with E-state index in [-0.39, 0.29) is 23.4 Å². The fraction of sp³-hybridized carbons (Fsp3) is 0.375. The topological polar surface area (TPSA) is 66.0 Å². The van der Waals surface area contributed by atoms with Crippen molar-refractivity contribution in [3.8, 4) is 34.8 Å². The van der Waals surface area contributed by atoms with Crippen molar-refractivity contribution in [2.75, 3.05) is 24.9 Å². The highest BCUT2D eigenvalue weighted by Gasteiger charge is 2.14. The largest absolute Gasteiger partial charge is 0.493 e. The standard InChI is InChI=1S/C24H28BrNO5/c1-15(2)30-20-10-8-17(11-21(20)28-5)7-9-18-12-22(29-6)23(31-16(3)4)13-19(18)26-24(27)14-25/h8,10-13,15-16H,14H2,1-6H3,(H,26,27). The second kappa shape index (κ2) is 11.5. The predicted octanol–water partition coefficient (Wildman–Crippen LogP) is 5.01. The molecule has 0 aromatic heterocycles. The van der Waals surface area contributed by atoms with E-state index in [9.17, 15) is 4.79 Å². The summed E-state index contributed by atoms with van der Waals surface area (Å²) >= 11 is 3.17. The number of ether oxygens (including phenoxy) is 4. The number of hydrogen-bond acceptors (Lipinski definition) is 5. The lowest BCUT2D eigenvalue weighted by Crippen LogP contribution is -2.14. The normalized spacial score (nSPS) is 10.4. The van der Waals surface area contributed by atoms with Crippen LogP contribution in [0.4, 0.5) is 5.69 Å². The second-order valence-electron chi connectivity index (χ2n) is 7.18. The SMILES string of the molecule is COc1cc(C#Cc2cc(OC)c(OC(C)C)cc2NC(=O)CBr)ccc1OC(C)C. The summed E-state index contributed by atoms with van der Waals surface area (Å²) in [7, 11) is 3.15. The number of hydrogen-bond donors (Lipinski definition) is 1. The van der Waals surface area contributed by atoms with E-state index in [0.29, 0.717) is 34.2 Å². The Balaban J connectivity index is 2.48. The molecule has 0 bridgehead atoms. The van der Waals surface area contributed by atoms with Crippen LogP contribution in [-0.4, -0.2) is 37.7 Å². The summed E-state index contributed by atoms with van der Waals surface area (Å²) in [4.78, 5) is 12.0. The quantitative estimate of drug-likeness (QED) is 0.416.